The summed E-state index contributed by atoms with van der Waals surface area (Å²) in [7, 11) is 3.38. The quantitative estimate of drug-likeness (QED) is 0.918. The van der Waals surface area contributed by atoms with Crippen molar-refractivity contribution in [2.75, 3.05) is 14.2 Å². The van der Waals surface area contributed by atoms with Gasteiger partial charge in [0.2, 0.25) is 0 Å². The van der Waals surface area contributed by atoms with Gasteiger partial charge in [0.05, 0.1) is 19.3 Å². The molecule has 2 rings (SSSR count). The lowest BCUT2D eigenvalue weighted by atomic mass is 9.98. The standard InChI is InChI=1S/C15H17FN2O/c1-10-4-5-14(16)13(6-10)15(17-2)11-7-12(19-3)9-18-8-11/h4-9,15,17H,1-3H3. The molecule has 0 aliphatic rings. The summed E-state index contributed by atoms with van der Waals surface area (Å²) in [5.41, 5.74) is 2.50. The molecular formula is C15H17FN2O. The molecule has 1 heterocycles. The molecule has 0 aliphatic carbocycles. The maximum Gasteiger partial charge on any atom is 0.137 e. The van der Waals surface area contributed by atoms with Crippen LogP contribution in [0.4, 0.5) is 4.39 Å². The molecule has 0 saturated heterocycles. The van der Waals surface area contributed by atoms with Crippen LogP contribution in [-0.2, 0) is 0 Å². The Morgan fingerprint density at radius 2 is 2.05 bits per heavy atom. The Bertz CT molecular complexity index is 572. The van der Waals surface area contributed by atoms with Crippen molar-refractivity contribution in [2.24, 2.45) is 0 Å². The summed E-state index contributed by atoms with van der Waals surface area (Å²) in [4.78, 5) is 4.11. The summed E-state index contributed by atoms with van der Waals surface area (Å²) in [6, 6.07) is 6.70. The molecular weight excluding hydrogens is 243 g/mol. The van der Waals surface area contributed by atoms with Crippen LogP contribution in [-0.4, -0.2) is 19.1 Å². The SMILES string of the molecule is CNC(c1cncc(OC)c1)c1cc(C)ccc1F. The van der Waals surface area contributed by atoms with Crippen LogP contribution in [0, 0.1) is 12.7 Å². The second kappa shape index (κ2) is 5.80. The van der Waals surface area contributed by atoms with Crippen LogP contribution in [0.1, 0.15) is 22.7 Å². The van der Waals surface area contributed by atoms with E-state index in [0.717, 1.165) is 11.1 Å². The van der Waals surface area contributed by atoms with E-state index in [-0.39, 0.29) is 11.9 Å². The number of aryl methyl sites for hydroxylation is 1. The van der Waals surface area contributed by atoms with Gasteiger partial charge in [-0.05, 0) is 31.7 Å². The van der Waals surface area contributed by atoms with E-state index in [1.54, 1.807) is 32.6 Å². The lowest BCUT2D eigenvalue weighted by Crippen LogP contribution is -2.19. The third kappa shape index (κ3) is 2.90. The van der Waals surface area contributed by atoms with E-state index in [1.807, 2.05) is 19.1 Å². The molecule has 0 bridgehead atoms. The smallest absolute Gasteiger partial charge is 0.137 e. The number of pyridine rings is 1. The number of halogens is 1. The predicted molar refractivity (Wildman–Crippen MR) is 72.8 cm³/mol. The fourth-order valence-electron chi connectivity index (χ4n) is 2.09. The number of nitrogens with one attached hydrogen (secondary N) is 1. The minimum absolute atomic E-state index is 0.229. The van der Waals surface area contributed by atoms with E-state index >= 15 is 0 Å². The van der Waals surface area contributed by atoms with Crippen molar-refractivity contribution < 1.29 is 9.13 Å². The molecule has 1 aromatic heterocycles. The van der Waals surface area contributed by atoms with Gasteiger partial charge in [-0.3, -0.25) is 4.98 Å². The fourth-order valence-corrected chi connectivity index (χ4v) is 2.09. The van der Waals surface area contributed by atoms with Crippen molar-refractivity contribution in [3.8, 4) is 5.75 Å². The maximum atomic E-state index is 14.0. The normalized spacial score (nSPS) is 12.2. The largest absolute Gasteiger partial charge is 0.495 e. The predicted octanol–water partition coefficient (Wildman–Crippen LogP) is 2.85. The van der Waals surface area contributed by atoms with Gasteiger partial charge in [0, 0.05) is 11.8 Å². The van der Waals surface area contributed by atoms with Crippen LogP contribution in [0.2, 0.25) is 0 Å². The highest BCUT2D eigenvalue weighted by atomic mass is 19.1. The summed E-state index contributed by atoms with van der Waals surface area (Å²) in [5, 5.41) is 3.12. The van der Waals surface area contributed by atoms with Crippen molar-refractivity contribution in [3.63, 3.8) is 0 Å². The van der Waals surface area contributed by atoms with Gasteiger partial charge in [-0.25, -0.2) is 4.39 Å². The van der Waals surface area contributed by atoms with Crippen LogP contribution in [0.25, 0.3) is 0 Å². The van der Waals surface area contributed by atoms with Gasteiger partial charge >= 0.3 is 0 Å². The molecule has 4 heteroatoms. The Morgan fingerprint density at radius 3 is 2.74 bits per heavy atom. The Hall–Kier alpha value is -1.94. The van der Waals surface area contributed by atoms with Crippen molar-refractivity contribution in [1.29, 1.82) is 0 Å². The molecule has 2 aromatic rings. The highest BCUT2D eigenvalue weighted by Crippen LogP contribution is 2.26. The number of benzene rings is 1. The average molecular weight is 260 g/mol. The minimum Gasteiger partial charge on any atom is -0.495 e. The lowest BCUT2D eigenvalue weighted by molar-refractivity contribution is 0.411. The monoisotopic (exact) mass is 260 g/mol. The molecule has 1 unspecified atom stereocenters. The van der Waals surface area contributed by atoms with Crippen molar-refractivity contribution >= 4 is 0 Å². The molecule has 100 valence electrons. The maximum absolute atomic E-state index is 14.0. The van der Waals surface area contributed by atoms with Crippen molar-refractivity contribution in [2.45, 2.75) is 13.0 Å². The van der Waals surface area contributed by atoms with Crippen LogP contribution in [0.3, 0.4) is 0 Å². The Balaban J connectivity index is 2.46. The van der Waals surface area contributed by atoms with Gasteiger partial charge in [-0.15, -0.1) is 0 Å². The van der Waals surface area contributed by atoms with E-state index < -0.39 is 0 Å². The average Bonchev–Trinajstić information content (AvgIpc) is 2.44. The summed E-state index contributed by atoms with van der Waals surface area (Å²) in [6.45, 7) is 1.94. The first-order chi connectivity index (χ1) is 9.15. The Kier molecular flexibility index (Phi) is 4.12. The molecule has 0 spiro atoms. The van der Waals surface area contributed by atoms with Gasteiger partial charge in [0.15, 0.2) is 0 Å². The van der Waals surface area contributed by atoms with E-state index in [2.05, 4.69) is 10.3 Å². The first-order valence-corrected chi connectivity index (χ1v) is 6.08. The third-order valence-corrected chi connectivity index (χ3v) is 3.05. The van der Waals surface area contributed by atoms with Crippen LogP contribution >= 0.6 is 0 Å². The highest BCUT2D eigenvalue weighted by molar-refractivity contribution is 5.36. The molecule has 0 amide bonds. The second-order valence-electron chi connectivity index (χ2n) is 4.40. The molecule has 0 saturated carbocycles. The van der Waals surface area contributed by atoms with E-state index in [1.165, 1.54) is 6.07 Å². The second-order valence-corrected chi connectivity index (χ2v) is 4.40. The van der Waals surface area contributed by atoms with Crippen LogP contribution in [0.15, 0.2) is 36.7 Å². The number of hydrogen-bond acceptors (Lipinski definition) is 3. The van der Waals surface area contributed by atoms with Crippen molar-refractivity contribution in [3.05, 3.63) is 59.2 Å². The van der Waals surface area contributed by atoms with Crippen LogP contribution < -0.4 is 10.1 Å². The molecule has 1 atom stereocenters. The van der Waals surface area contributed by atoms with E-state index in [9.17, 15) is 4.39 Å². The molecule has 1 aromatic carbocycles. The van der Waals surface area contributed by atoms with Gasteiger partial charge in [-0.1, -0.05) is 17.7 Å². The third-order valence-electron chi connectivity index (χ3n) is 3.05. The summed E-state index contributed by atoms with van der Waals surface area (Å²) in [5.74, 6) is 0.429. The summed E-state index contributed by atoms with van der Waals surface area (Å²) < 4.78 is 19.1. The number of rotatable bonds is 4. The Morgan fingerprint density at radius 1 is 1.26 bits per heavy atom. The van der Waals surface area contributed by atoms with Gasteiger partial charge in [-0.2, -0.15) is 0 Å². The zero-order valence-corrected chi connectivity index (χ0v) is 11.3. The molecule has 0 fully saturated rings. The zero-order chi connectivity index (χ0) is 13.8. The van der Waals surface area contributed by atoms with E-state index in [0.29, 0.717) is 11.3 Å². The van der Waals surface area contributed by atoms with Crippen LogP contribution in [0.5, 0.6) is 5.75 Å². The van der Waals surface area contributed by atoms with Gasteiger partial charge < -0.3 is 10.1 Å². The molecule has 3 nitrogen and oxygen atoms in total. The molecule has 0 radical (unpaired) electrons. The minimum atomic E-state index is -0.248. The molecule has 1 N–H and O–H groups in total. The summed E-state index contributed by atoms with van der Waals surface area (Å²) in [6.07, 6.45) is 3.34. The lowest BCUT2D eigenvalue weighted by Gasteiger charge is -2.18. The van der Waals surface area contributed by atoms with Crippen molar-refractivity contribution in [1.82, 2.24) is 10.3 Å². The molecule has 19 heavy (non-hydrogen) atoms. The first kappa shape index (κ1) is 13.5. The van der Waals surface area contributed by atoms with Gasteiger partial charge in [0.25, 0.3) is 0 Å². The van der Waals surface area contributed by atoms with E-state index in [4.69, 9.17) is 4.74 Å². The fraction of sp³-hybridized carbons (Fsp3) is 0.267. The topological polar surface area (TPSA) is 34.2 Å². The number of methoxy groups -OCH3 is 1. The number of aromatic nitrogens is 1. The highest BCUT2D eigenvalue weighted by Gasteiger charge is 2.17. The van der Waals surface area contributed by atoms with Gasteiger partial charge in [0.1, 0.15) is 11.6 Å². The number of nitrogens with zero attached hydrogens (tertiary/aromatic N) is 1. The number of ether oxygens (including phenoxy) is 1. The Labute approximate surface area is 112 Å². The zero-order valence-electron chi connectivity index (χ0n) is 11.3. The number of hydrogen-bond donors (Lipinski definition) is 1. The first-order valence-electron chi connectivity index (χ1n) is 6.08. The summed E-state index contributed by atoms with van der Waals surface area (Å²) >= 11 is 0. The molecule has 0 aliphatic heterocycles.